The second-order valence-electron chi connectivity index (χ2n) is 8.06. The van der Waals surface area contributed by atoms with E-state index in [0.29, 0.717) is 12.5 Å². The van der Waals surface area contributed by atoms with Crippen molar-refractivity contribution in [3.63, 3.8) is 0 Å². The summed E-state index contributed by atoms with van der Waals surface area (Å²) in [6.07, 6.45) is 2.21. The Bertz CT molecular complexity index is 537. The molecular weight excluding hydrogens is 304 g/mol. The molecule has 3 rings (SSSR count). The lowest BCUT2D eigenvalue weighted by atomic mass is 9.77. The molecule has 2 aliphatic rings. The highest BCUT2D eigenvalue weighted by molar-refractivity contribution is 6.62. The quantitative estimate of drug-likeness (QED) is 0.790. The molecule has 24 heavy (non-hydrogen) atoms. The summed E-state index contributed by atoms with van der Waals surface area (Å²) < 4.78 is 24.7. The summed E-state index contributed by atoms with van der Waals surface area (Å²) in [4.78, 5) is 2.22. The molecule has 0 radical (unpaired) electrons. The Labute approximate surface area is 145 Å². The molecule has 3 nitrogen and oxygen atoms in total. The van der Waals surface area contributed by atoms with Gasteiger partial charge in [0.15, 0.2) is 0 Å². The zero-order valence-electron chi connectivity index (χ0n) is 15.3. The van der Waals surface area contributed by atoms with Gasteiger partial charge in [0.05, 0.1) is 11.2 Å². The van der Waals surface area contributed by atoms with Gasteiger partial charge in [0, 0.05) is 6.54 Å². The van der Waals surface area contributed by atoms with Gasteiger partial charge in [-0.1, -0.05) is 24.3 Å². The van der Waals surface area contributed by atoms with Gasteiger partial charge < -0.3 is 14.2 Å². The molecule has 0 atom stereocenters. The van der Waals surface area contributed by atoms with Gasteiger partial charge in [0.2, 0.25) is 0 Å². The fourth-order valence-corrected chi connectivity index (χ4v) is 3.51. The molecule has 0 unspecified atom stereocenters. The number of hydrogen-bond donors (Lipinski definition) is 0. The van der Waals surface area contributed by atoms with Gasteiger partial charge in [0.25, 0.3) is 0 Å². The zero-order valence-corrected chi connectivity index (χ0v) is 15.3. The molecule has 132 valence electrons. The number of halogens is 1. The van der Waals surface area contributed by atoms with Crippen molar-refractivity contribution in [2.24, 2.45) is 0 Å². The number of alkyl halides is 1. The van der Waals surface area contributed by atoms with Gasteiger partial charge in [-0.25, -0.2) is 4.39 Å². The van der Waals surface area contributed by atoms with Crippen LogP contribution in [0.15, 0.2) is 24.3 Å². The topological polar surface area (TPSA) is 21.7 Å². The van der Waals surface area contributed by atoms with Crippen molar-refractivity contribution >= 4 is 12.6 Å². The third-order valence-electron chi connectivity index (χ3n) is 5.92. The van der Waals surface area contributed by atoms with Gasteiger partial charge in [0.1, 0.15) is 6.67 Å². The van der Waals surface area contributed by atoms with E-state index in [1.165, 1.54) is 5.56 Å². The predicted octanol–water partition coefficient (Wildman–Crippen LogP) is 3.13. The van der Waals surface area contributed by atoms with Crippen LogP contribution >= 0.6 is 0 Å². The molecule has 0 aliphatic carbocycles. The Morgan fingerprint density at radius 1 is 1.04 bits per heavy atom. The molecule has 0 aromatic heterocycles. The first-order chi connectivity index (χ1) is 11.3. The van der Waals surface area contributed by atoms with E-state index in [-0.39, 0.29) is 25.0 Å². The standard InChI is InChI=1S/C19H29BFNO2/c1-18(2)19(3,4)24-20(23-18)17-7-5-15(6-8-17)16-9-12-22(13-10-16)14-11-21/h5-8,16H,9-14H2,1-4H3. The number of nitrogens with zero attached hydrogens (tertiary/aromatic N) is 1. The Morgan fingerprint density at radius 3 is 2.08 bits per heavy atom. The van der Waals surface area contributed by atoms with E-state index >= 15 is 0 Å². The maximum atomic E-state index is 12.4. The Hall–Kier alpha value is -0.905. The van der Waals surface area contributed by atoms with E-state index in [0.717, 1.165) is 31.4 Å². The van der Waals surface area contributed by atoms with E-state index in [1.54, 1.807) is 0 Å². The normalized spacial score (nSPS) is 24.5. The third-order valence-corrected chi connectivity index (χ3v) is 5.92. The summed E-state index contributed by atoms with van der Waals surface area (Å²) in [5, 5.41) is 0. The molecule has 1 aromatic carbocycles. The molecule has 0 saturated carbocycles. The van der Waals surface area contributed by atoms with Gasteiger partial charge in [-0.15, -0.1) is 0 Å². The van der Waals surface area contributed by atoms with Crippen LogP contribution < -0.4 is 5.46 Å². The van der Waals surface area contributed by atoms with E-state index in [4.69, 9.17) is 9.31 Å². The maximum absolute atomic E-state index is 12.4. The Balaban J connectivity index is 1.63. The monoisotopic (exact) mass is 333 g/mol. The first kappa shape index (κ1) is 17.9. The average molecular weight is 333 g/mol. The number of likely N-dealkylation sites (tertiary alicyclic amines) is 1. The van der Waals surface area contributed by atoms with E-state index in [2.05, 4.69) is 56.9 Å². The van der Waals surface area contributed by atoms with Crippen LogP contribution in [0.25, 0.3) is 0 Å². The molecule has 1 aromatic rings. The van der Waals surface area contributed by atoms with Crippen molar-refractivity contribution in [3.8, 4) is 0 Å². The van der Waals surface area contributed by atoms with Crippen LogP contribution in [0.1, 0.15) is 52.0 Å². The zero-order chi connectivity index (χ0) is 17.4. The smallest absolute Gasteiger partial charge is 0.399 e. The third kappa shape index (κ3) is 3.53. The van der Waals surface area contributed by atoms with Crippen LogP contribution in [0.3, 0.4) is 0 Å². The fraction of sp³-hybridized carbons (Fsp3) is 0.684. The minimum absolute atomic E-state index is 0.243. The lowest BCUT2D eigenvalue weighted by Crippen LogP contribution is -2.41. The number of benzene rings is 1. The van der Waals surface area contributed by atoms with Crippen molar-refractivity contribution < 1.29 is 13.7 Å². The van der Waals surface area contributed by atoms with Crippen molar-refractivity contribution in [3.05, 3.63) is 29.8 Å². The maximum Gasteiger partial charge on any atom is 0.494 e. The van der Waals surface area contributed by atoms with E-state index in [9.17, 15) is 4.39 Å². The lowest BCUT2D eigenvalue weighted by molar-refractivity contribution is 0.00578. The molecule has 0 N–H and O–H groups in total. The van der Waals surface area contributed by atoms with E-state index < -0.39 is 0 Å². The Morgan fingerprint density at radius 2 is 1.58 bits per heavy atom. The van der Waals surface area contributed by atoms with Gasteiger partial charge in [-0.3, -0.25) is 0 Å². The highest BCUT2D eigenvalue weighted by Crippen LogP contribution is 2.36. The number of rotatable bonds is 4. The van der Waals surface area contributed by atoms with Crippen LogP contribution in [0, 0.1) is 0 Å². The summed E-state index contributed by atoms with van der Waals surface area (Å²) in [6.45, 7) is 10.6. The largest absolute Gasteiger partial charge is 0.494 e. The molecule has 2 saturated heterocycles. The van der Waals surface area contributed by atoms with Crippen molar-refractivity contribution in [1.82, 2.24) is 4.90 Å². The SMILES string of the molecule is CC1(C)OB(c2ccc(C3CCN(CCF)CC3)cc2)OC1(C)C. The first-order valence-electron chi connectivity index (χ1n) is 9.06. The summed E-state index contributed by atoms with van der Waals surface area (Å²) in [5.74, 6) is 0.577. The Kier molecular flexibility index (Phi) is 5.05. The summed E-state index contributed by atoms with van der Waals surface area (Å²) >= 11 is 0. The molecule has 2 aliphatic heterocycles. The summed E-state index contributed by atoms with van der Waals surface area (Å²) in [5.41, 5.74) is 1.83. The predicted molar refractivity (Wildman–Crippen MR) is 96.5 cm³/mol. The molecule has 2 heterocycles. The van der Waals surface area contributed by atoms with Gasteiger partial charge in [-0.05, 0) is 70.6 Å². The average Bonchev–Trinajstić information content (AvgIpc) is 2.77. The minimum atomic E-state index is -0.306. The van der Waals surface area contributed by atoms with E-state index in [1.807, 2.05) is 0 Å². The minimum Gasteiger partial charge on any atom is -0.399 e. The number of piperidine rings is 1. The van der Waals surface area contributed by atoms with Crippen molar-refractivity contribution in [1.29, 1.82) is 0 Å². The lowest BCUT2D eigenvalue weighted by Gasteiger charge is -2.32. The molecule has 0 bridgehead atoms. The highest BCUT2D eigenvalue weighted by Gasteiger charge is 2.51. The second-order valence-corrected chi connectivity index (χ2v) is 8.06. The first-order valence-corrected chi connectivity index (χ1v) is 9.06. The molecule has 5 heteroatoms. The molecule has 0 spiro atoms. The van der Waals surface area contributed by atoms with Crippen molar-refractivity contribution in [2.45, 2.75) is 57.7 Å². The molecule has 0 amide bonds. The number of hydrogen-bond acceptors (Lipinski definition) is 3. The fourth-order valence-electron chi connectivity index (χ4n) is 3.51. The van der Waals surface area contributed by atoms with Crippen LogP contribution in [-0.2, 0) is 9.31 Å². The highest BCUT2D eigenvalue weighted by atomic mass is 19.1. The van der Waals surface area contributed by atoms with Crippen LogP contribution in [-0.4, -0.2) is 49.5 Å². The van der Waals surface area contributed by atoms with Crippen LogP contribution in [0.5, 0.6) is 0 Å². The molecule has 2 fully saturated rings. The summed E-state index contributed by atoms with van der Waals surface area (Å²) in [7, 11) is -0.296. The second kappa shape index (κ2) is 6.78. The van der Waals surface area contributed by atoms with Gasteiger partial charge in [-0.2, -0.15) is 0 Å². The molecular formula is C19H29BFNO2. The van der Waals surface area contributed by atoms with Crippen LogP contribution in [0.4, 0.5) is 4.39 Å². The summed E-state index contributed by atoms with van der Waals surface area (Å²) in [6, 6.07) is 8.67. The van der Waals surface area contributed by atoms with Gasteiger partial charge >= 0.3 is 7.12 Å². The van der Waals surface area contributed by atoms with Crippen LogP contribution in [0.2, 0.25) is 0 Å². The van der Waals surface area contributed by atoms with Crippen molar-refractivity contribution in [2.75, 3.05) is 26.3 Å².